The van der Waals surface area contributed by atoms with E-state index in [1.807, 2.05) is 0 Å². The maximum absolute atomic E-state index is 12.8. The van der Waals surface area contributed by atoms with Gasteiger partial charge < -0.3 is 54.4 Å². The summed E-state index contributed by atoms with van der Waals surface area (Å²) in [6, 6.07) is 0. The van der Waals surface area contributed by atoms with Gasteiger partial charge in [0.25, 0.3) is 0 Å². The van der Waals surface area contributed by atoms with E-state index in [9.17, 15) is 49.1 Å². The van der Waals surface area contributed by atoms with Crippen LogP contribution in [-0.2, 0) is 46.5 Å². The molecule has 1 aliphatic rings. The summed E-state index contributed by atoms with van der Waals surface area (Å²) in [5, 5.41) is 51.2. The fourth-order valence-electron chi connectivity index (χ4n) is 7.12. The van der Waals surface area contributed by atoms with Crippen molar-refractivity contribution >= 4 is 27.6 Å². The number of ether oxygens (including phenoxy) is 3. The van der Waals surface area contributed by atoms with Gasteiger partial charge in [-0.2, -0.15) is 0 Å². The summed E-state index contributed by atoms with van der Waals surface area (Å²) in [6.07, 6.45) is 24.7. The molecule has 0 aromatic carbocycles. The fourth-order valence-corrected chi connectivity index (χ4v) is 8.66. The second-order valence-electron chi connectivity index (χ2n) is 17.3. The maximum Gasteiger partial charge on any atom is 0.472 e. The second-order valence-corrected chi connectivity index (χ2v) is 19.9. The molecule has 0 amide bonds. The number of carbonyl (C=O) groups is 2. The molecule has 18 nitrogen and oxygen atoms in total. The zero-order chi connectivity index (χ0) is 50.5. The molecule has 20 heteroatoms. The summed E-state index contributed by atoms with van der Waals surface area (Å²) >= 11 is 0. The van der Waals surface area contributed by atoms with Gasteiger partial charge in [-0.3, -0.25) is 23.2 Å². The largest absolute Gasteiger partial charge is 0.472 e. The molecular formula is C48H86O18P2. The van der Waals surface area contributed by atoms with Gasteiger partial charge in [-0.15, -0.1) is 0 Å². The Hall–Kier alpha value is -2.12. The summed E-state index contributed by atoms with van der Waals surface area (Å²) < 4.78 is 54.2. The van der Waals surface area contributed by atoms with Crippen molar-refractivity contribution in [2.24, 2.45) is 0 Å². The zero-order valence-corrected chi connectivity index (χ0v) is 42.4. The Morgan fingerprint density at radius 2 is 0.956 bits per heavy atom. The number of esters is 2. The molecule has 1 aliphatic carbocycles. The van der Waals surface area contributed by atoms with Crippen LogP contribution in [0.5, 0.6) is 0 Å². The van der Waals surface area contributed by atoms with Crippen molar-refractivity contribution in [2.75, 3.05) is 26.4 Å². The van der Waals surface area contributed by atoms with E-state index >= 15 is 0 Å². The van der Waals surface area contributed by atoms with E-state index in [1.54, 1.807) is 0 Å². The molecule has 1 saturated carbocycles. The van der Waals surface area contributed by atoms with E-state index in [1.165, 1.54) is 57.8 Å². The number of aliphatic hydroxyl groups is 5. The standard InChI is InChI=1S/C48H86O18P2/c1-3-5-7-9-11-13-15-17-19-21-23-25-27-29-31-33-41(50)62-38-40(64-42(51)34-32-30-28-26-24-22-20-18-16-14-12-10-8-6-4-2)37-61-35-39(49)36-63-68(59,60)66-48-45(54)43(52)44(53)47(46(48)55)65-67(56,57)58/h12-15,18,20,24,26,39-40,43-49,52-55H,3-11,16-17,19,21-23,25,27-38H2,1-2H3,(H,59,60)(H2,56,57,58)/t39-,40+,43?,44?,45?,46?,47-,48+/m1/s1. The molecule has 8 N–H and O–H groups in total. The quantitative estimate of drug-likeness (QED) is 0.0125. The van der Waals surface area contributed by atoms with Crippen LogP contribution in [-0.4, -0.2) is 127 Å². The molecule has 0 spiro atoms. The Morgan fingerprint density at radius 1 is 0.515 bits per heavy atom. The Kier molecular flexibility index (Phi) is 37.1. The normalized spacial score (nSPS) is 22.1. The zero-order valence-electron chi connectivity index (χ0n) is 40.6. The van der Waals surface area contributed by atoms with Crippen LogP contribution in [0.4, 0.5) is 0 Å². The number of hydrogen-bond acceptors (Lipinski definition) is 15. The third-order valence-corrected chi connectivity index (χ3v) is 12.5. The lowest BCUT2D eigenvalue weighted by Gasteiger charge is -2.43. The first-order valence-corrected chi connectivity index (χ1v) is 27.9. The highest BCUT2D eigenvalue weighted by atomic mass is 31.2. The fraction of sp³-hybridized carbons (Fsp3) is 0.792. The number of allylic oxidation sites excluding steroid dienone is 8. The van der Waals surface area contributed by atoms with Gasteiger partial charge in [0.15, 0.2) is 6.10 Å². The Balaban J connectivity index is 2.59. The first-order chi connectivity index (χ1) is 32.5. The summed E-state index contributed by atoms with van der Waals surface area (Å²) in [6.45, 7) is 2.31. The molecule has 0 heterocycles. The molecular weight excluding hydrogens is 926 g/mol. The molecule has 68 heavy (non-hydrogen) atoms. The highest BCUT2D eigenvalue weighted by Gasteiger charge is 2.54. The van der Waals surface area contributed by atoms with Crippen LogP contribution in [0.1, 0.15) is 168 Å². The minimum atomic E-state index is -5.36. The number of rotatable bonds is 42. The van der Waals surface area contributed by atoms with E-state index < -0.39 is 89.6 Å². The summed E-state index contributed by atoms with van der Waals surface area (Å²) in [5.74, 6) is -1.00. The molecule has 0 aromatic heterocycles. The lowest BCUT2D eigenvalue weighted by molar-refractivity contribution is -0.216. The van der Waals surface area contributed by atoms with Crippen molar-refractivity contribution < 1.29 is 86.7 Å². The van der Waals surface area contributed by atoms with Crippen molar-refractivity contribution in [1.82, 2.24) is 0 Å². The number of phosphoric acid groups is 2. The van der Waals surface area contributed by atoms with Gasteiger partial charge in [0.05, 0.1) is 19.8 Å². The summed E-state index contributed by atoms with van der Waals surface area (Å²) in [7, 11) is -10.6. The van der Waals surface area contributed by atoms with Gasteiger partial charge in [0, 0.05) is 12.8 Å². The number of phosphoric ester groups is 2. The number of hydrogen-bond donors (Lipinski definition) is 8. The first kappa shape index (κ1) is 63.9. The summed E-state index contributed by atoms with van der Waals surface area (Å²) in [4.78, 5) is 53.8. The molecule has 1 fully saturated rings. The highest BCUT2D eigenvalue weighted by Crippen LogP contribution is 2.48. The Bertz CT molecular complexity index is 1520. The van der Waals surface area contributed by atoms with Crippen LogP contribution in [0.15, 0.2) is 48.6 Å². The van der Waals surface area contributed by atoms with Crippen LogP contribution in [0.3, 0.4) is 0 Å². The number of unbranched alkanes of at least 4 members (excludes halogenated alkanes) is 16. The number of aliphatic hydroxyl groups excluding tert-OH is 5. The predicted molar refractivity (Wildman–Crippen MR) is 258 cm³/mol. The monoisotopic (exact) mass is 1010 g/mol. The van der Waals surface area contributed by atoms with Crippen LogP contribution in [0, 0.1) is 0 Å². The van der Waals surface area contributed by atoms with Crippen molar-refractivity contribution in [3.63, 3.8) is 0 Å². The van der Waals surface area contributed by atoms with E-state index in [-0.39, 0.29) is 26.1 Å². The molecule has 9 atom stereocenters. The molecule has 0 aliphatic heterocycles. The Morgan fingerprint density at radius 3 is 1.53 bits per heavy atom. The molecule has 0 radical (unpaired) electrons. The van der Waals surface area contributed by atoms with Crippen LogP contribution in [0.2, 0.25) is 0 Å². The molecule has 0 aromatic rings. The minimum Gasteiger partial charge on any atom is -0.462 e. The molecule has 5 unspecified atom stereocenters. The predicted octanol–water partition coefficient (Wildman–Crippen LogP) is 7.88. The third kappa shape index (κ3) is 33.5. The van der Waals surface area contributed by atoms with Gasteiger partial charge in [-0.05, 0) is 77.0 Å². The molecule has 396 valence electrons. The van der Waals surface area contributed by atoms with E-state index in [4.69, 9.17) is 33.0 Å². The van der Waals surface area contributed by atoms with Crippen LogP contribution in [0.25, 0.3) is 0 Å². The third-order valence-electron chi connectivity index (χ3n) is 11.0. The van der Waals surface area contributed by atoms with Crippen molar-refractivity contribution in [1.29, 1.82) is 0 Å². The van der Waals surface area contributed by atoms with Crippen LogP contribution >= 0.6 is 15.6 Å². The summed E-state index contributed by atoms with van der Waals surface area (Å²) in [5.41, 5.74) is 0. The first-order valence-electron chi connectivity index (χ1n) is 24.8. The van der Waals surface area contributed by atoms with Gasteiger partial charge in [-0.25, -0.2) is 9.13 Å². The lowest BCUT2D eigenvalue weighted by Crippen LogP contribution is -2.64. The second kappa shape index (κ2) is 39.5. The van der Waals surface area contributed by atoms with Gasteiger partial charge in [-0.1, -0.05) is 127 Å². The van der Waals surface area contributed by atoms with Crippen LogP contribution < -0.4 is 0 Å². The van der Waals surface area contributed by atoms with E-state index in [0.29, 0.717) is 12.8 Å². The average Bonchev–Trinajstić information content (AvgIpc) is 3.29. The van der Waals surface area contributed by atoms with Crippen molar-refractivity contribution in [3.8, 4) is 0 Å². The topological polar surface area (TPSA) is 285 Å². The molecule has 1 rings (SSSR count). The average molecular weight is 1010 g/mol. The SMILES string of the molecule is CCCCCC=CCC=CCC=CCCCCC(=O)O[C@@H](COC[C@@H](O)COP(=O)(O)O[C@H]1C(O)C(O)C(O)[C@@H](OP(=O)(O)O)C1O)COC(=O)CCCCCCCCCC=CCCCCCC. The molecule has 0 saturated heterocycles. The smallest absolute Gasteiger partial charge is 0.462 e. The van der Waals surface area contributed by atoms with Crippen molar-refractivity contribution in [2.45, 2.75) is 217 Å². The van der Waals surface area contributed by atoms with Gasteiger partial charge in [0.2, 0.25) is 0 Å². The van der Waals surface area contributed by atoms with E-state index in [2.05, 4.69) is 67.0 Å². The highest BCUT2D eigenvalue weighted by molar-refractivity contribution is 7.47. The lowest BCUT2D eigenvalue weighted by atomic mass is 9.85. The maximum atomic E-state index is 12.8. The Labute approximate surface area is 405 Å². The van der Waals surface area contributed by atoms with Gasteiger partial charge >= 0.3 is 27.6 Å². The van der Waals surface area contributed by atoms with Crippen molar-refractivity contribution in [3.05, 3.63) is 48.6 Å². The number of carbonyl (C=O) groups excluding carboxylic acids is 2. The van der Waals surface area contributed by atoms with Gasteiger partial charge in [0.1, 0.15) is 49.3 Å². The molecule has 0 bridgehead atoms. The minimum absolute atomic E-state index is 0.105. The van der Waals surface area contributed by atoms with E-state index in [0.717, 1.165) is 70.6 Å².